The van der Waals surface area contributed by atoms with Crippen LogP contribution in [0.15, 0.2) is 0 Å². The molecule has 7 nitrogen and oxygen atoms in total. The first-order chi connectivity index (χ1) is 8.18. The standard InChI is InChI=1S/C11H21NO6/c1-11(2,3)9-7(15)8(18-10(12)16)6(14)5(4-13)17-9/h5-9,13-15H,4H2,1-3H3,(H2,12,16)/t5-,6-,7+,8+,9?/m1/s1. The summed E-state index contributed by atoms with van der Waals surface area (Å²) < 4.78 is 10.2. The van der Waals surface area contributed by atoms with Crippen molar-refractivity contribution in [1.82, 2.24) is 0 Å². The molecule has 18 heavy (non-hydrogen) atoms. The highest BCUT2D eigenvalue weighted by atomic mass is 16.6. The number of carbonyl (C=O) groups excluding carboxylic acids is 1. The van der Waals surface area contributed by atoms with Gasteiger partial charge in [-0.3, -0.25) is 0 Å². The average Bonchev–Trinajstić information content (AvgIpc) is 2.22. The molecule has 0 aromatic heterocycles. The summed E-state index contributed by atoms with van der Waals surface area (Å²) in [6, 6.07) is 0. The predicted molar refractivity (Wildman–Crippen MR) is 61.7 cm³/mol. The molecule has 0 aromatic rings. The lowest BCUT2D eigenvalue weighted by atomic mass is 9.80. The molecule has 1 aliphatic rings. The first kappa shape index (κ1) is 15.2. The highest BCUT2D eigenvalue weighted by Crippen LogP contribution is 2.33. The van der Waals surface area contributed by atoms with Crippen LogP contribution in [0.1, 0.15) is 20.8 Å². The van der Waals surface area contributed by atoms with E-state index in [0.29, 0.717) is 0 Å². The third kappa shape index (κ3) is 3.11. The molecular weight excluding hydrogens is 242 g/mol. The van der Waals surface area contributed by atoms with Crippen LogP contribution in [-0.2, 0) is 9.47 Å². The van der Waals surface area contributed by atoms with E-state index in [4.69, 9.17) is 20.3 Å². The molecule has 1 amide bonds. The van der Waals surface area contributed by atoms with E-state index in [0.717, 1.165) is 0 Å². The van der Waals surface area contributed by atoms with Crippen LogP contribution in [0.25, 0.3) is 0 Å². The predicted octanol–water partition coefficient (Wildman–Crippen LogP) is -1.02. The zero-order valence-electron chi connectivity index (χ0n) is 10.7. The number of ether oxygens (including phenoxy) is 2. The lowest BCUT2D eigenvalue weighted by Gasteiger charge is -2.46. The van der Waals surface area contributed by atoms with Crippen LogP contribution in [-0.4, -0.2) is 58.5 Å². The quantitative estimate of drug-likeness (QED) is 0.505. The van der Waals surface area contributed by atoms with Crippen LogP contribution < -0.4 is 5.73 Å². The number of rotatable bonds is 2. The minimum absolute atomic E-state index is 0.445. The molecule has 1 aliphatic heterocycles. The average molecular weight is 263 g/mol. The summed E-state index contributed by atoms with van der Waals surface area (Å²) in [5, 5.41) is 29.1. The van der Waals surface area contributed by atoms with Gasteiger partial charge in [0.2, 0.25) is 0 Å². The van der Waals surface area contributed by atoms with Gasteiger partial charge in [-0.25, -0.2) is 4.79 Å². The maximum atomic E-state index is 10.8. The van der Waals surface area contributed by atoms with Crippen LogP contribution in [0.5, 0.6) is 0 Å². The van der Waals surface area contributed by atoms with Crippen LogP contribution in [0.3, 0.4) is 0 Å². The van der Waals surface area contributed by atoms with Gasteiger partial charge in [0.1, 0.15) is 18.3 Å². The second-order valence-electron chi connectivity index (χ2n) is 5.53. The number of aliphatic hydroxyl groups excluding tert-OH is 3. The van der Waals surface area contributed by atoms with Gasteiger partial charge in [0.15, 0.2) is 6.10 Å². The van der Waals surface area contributed by atoms with E-state index in [1.165, 1.54) is 0 Å². The molecule has 0 radical (unpaired) electrons. The monoisotopic (exact) mass is 263 g/mol. The summed E-state index contributed by atoms with van der Waals surface area (Å²) in [7, 11) is 0. The number of aliphatic hydroxyl groups is 3. The molecule has 5 N–H and O–H groups in total. The molecule has 106 valence electrons. The lowest BCUT2D eigenvalue weighted by molar-refractivity contribution is -0.249. The van der Waals surface area contributed by atoms with E-state index in [9.17, 15) is 15.0 Å². The van der Waals surface area contributed by atoms with Crippen molar-refractivity contribution in [3.8, 4) is 0 Å². The Morgan fingerprint density at radius 1 is 1.33 bits per heavy atom. The van der Waals surface area contributed by atoms with Crippen LogP contribution in [0.4, 0.5) is 4.79 Å². The first-order valence-corrected chi connectivity index (χ1v) is 5.77. The van der Waals surface area contributed by atoms with E-state index in [-0.39, 0.29) is 0 Å². The molecule has 1 unspecified atom stereocenters. The number of hydrogen-bond donors (Lipinski definition) is 4. The van der Waals surface area contributed by atoms with Gasteiger partial charge in [0.05, 0.1) is 12.7 Å². The SMILES string of the molecule is CC(C)(C)C1O[C@H](CO)[C@@H](O)[C@H](OC(N)=O)[C@@H]1O. The number of nitrogens with two attached hydrogens (primary N) is 1. The summed E-state index contributed by atoms with van der Waals surface area (Å²) in [5.41, 5.74) is 4.45. The number of carbonyl (C=O) groups is 1. The summed E-state index contributed by atoms with van der Waals surface area (Å²) >= 11 is 0. The van der Waals surface area contributed by atoms with Gasteiger partial charge in [0, 0.05) is 0 Å². The van der Waals surface area contributed by atoms with Gasteiger partial charge in [-0.05, 0) is 5.41 Å². The fourth-order valence-corrected chi connectivity index (χ4v) is 2.08. The van der Waals surface area contributed by atoms with Crippen molar-refractivity contribution in [2.45, 2.75) is 51.3 Å². The Hall–Kier alpha value is -0.890. The van der Waals surface area contributed by atoms with E-state index in [2.05, 4.69) is 0 Å². The molecule has 5 atom stereocenters. The molecule has 0 aromatic carbocycles. The Kier molecular flexibility index (Phi) is 4.55. The third-order valence-electron chi connectivity index (χ3n) is 2.97. The van der Waals surface area contributed by atoms with Crippen LogP contribution in [0, 0.1) is 5.41 Å². The maximum Gasteiger partial charge on any atom is 0.404 e. The maximum absolute atomic E-state index is 10.8. The molecule has 0 bridgehead atoms. The van der Waals surface area contributed by atoms with Crippen molar-refractivity contribution in [2.75, 3.05) is 6.61 Å². The fourth-order valence-electron chi connectivity index (χ4n) is 2.08. The highest BCUT2D eigenvalue weighted by Gasteiger charge is 2.49. The molecule has 0 spiro atoms. The first-order valence-electron chi connectivity index (χ1n) is 5.77. The summed E-state index contributed by atoms with van der Waals surface area (Å²) in [6.07, 6.45) is -6.46. The molecule has 1 rings (SSSR count). The normalized spacial score (nSPS) is 37.3. The molecular formula is C11H21NO6. The van der Waals surface area contributed by atoms with E-state index >= 15 is 0 Å². The van der Waals surface area contributed by atoms with Crippen molar-refractivity contribution in [1.29, 1.82) is 0 Å². The van der Waals surface area contributed by atoms with Crippen molar-refractivity contribution in [2.24, 2.45) is 11.1 Å². The zero-order chi connectivity index (χ0) is 14.1. The molecule has 7 heteroatoms. The third-order valence-corrected chi connectivity index (χ3v) is 2.97. The largest absolute Gasteiger partial charge is 0.441 e. The van der Waals surface area contributed by atoms with Gasteiger partial charge < -0.3 is 30.5 Å². The molecule has 1 fully saturated rings. The van der Waals surface area contributed by atoms with Crippen LogP contribution >= 0.6 is 0 Å². The Morgan fingerprint density at radius 2 is 1.89 bits per heavy atom. The Balaban J connectivity index is 2.95. The van der Waals surface area contributed by atoms with Gasteiger partial charge in [0.25, 0.3) is 0 Å². The number of amides is 1. The van der Waals surface area contributed by atoms with Crippen molar-refractivity contribution < 1.29 is 29.6 Å². The molecule has 0 saturated carbocycles. The van der Waals surface area contributed by atoms with E-state index in [1.54, 1.807) is 0 Å². The lowest BCUT2D eigenvalue weighted by Crippen LogP contribution is -2.63. The number of hydrogen-bond acceptors (Lipinski definition) is 6. The van der Waals surface area contributed by atoms with Crippen molar-refractivity contribution in [3.63, 3.8) is 0 Å². The highest BCUT2D eigenvalue weighted by molar-refractivity contribution is 5.65. The Bertz CT molecular complexity index is 302. The summed E-state index contributed by atoms with van der Waals surface area (Å²) in [4.78, 5) is 10.8. The Morgan fingerprint density at radius 3 is 2.28 bits per heavy atom. The van der Waals surface area contributed by atoms with Crippen molar-refractivity contribution in [3.05, 3.63) is 0 Å². The van der Waals surface area contributed by atoms with E-state index < -0.39 is 48.6 Å². The van der Waals surface area contributed by atoms with Gasteiger partial charge in [-0.1, -0.05) is 20.8 Å². The summed E-state index contributed by atoms with van der Waals surface area (Å²) in [5.74, 6) is 0. The molecule has 0 aliphatic carbocycles. The van der Waals surface area contributed by atoms with Crippen LogP contribution in [0.2, 0.25) is 0 Å². The van der Waals surface area contributed by atoms with Gasteiger partial charge >= 0.3 is 6.09 Å². The Labute approximate surface area is 105 Å². The second-order valence-corrected chi connectivity index (χ2v) is 5.53. The smallest absolute Gasteiger partial charge is 0.404 e. The van der Waals surface area contributed by atoms with Gasteiger partial charge in [-0.15, -0.1) is 0 Å². The molecule has 1 saturated heterocycles. The minimum atomic E-state index is -1.32. The zero-order valence-corrected chi connectivity index (χ0v) is 10.7. The number of primary amides is 1. The fraction of sp³-hybridized carbons (Fsp3) is 0.909. The summed E-state index contributed by atoms with van der Waals surface area (Å²) in [6.45, 7) is 5.04. The van der Waals surface area contributed by atoms with Gasteiger partial charge in [-0.2, -0.15) is 0 Å². The molecule has 1 heterocycles. The van der Waals surface area contributed by atoms with E-state index in [1.807, 2.05) is 20.8 Å². The van der Waals surface area contributed by atoms with Crippen molar-refractivity contribution >= 4 is 6.09 Å². The topological polar surface area (TPSA) is 122 Å². The minimum Gasteiger partial charge on any atom is -0.441 e. The second kappa shape index (κ2) is 5.40.